The number of aliphatic hydroxyl groups excluding tert-OH is 1. The fraction of sp³-hybridized carbons (Fsp3) is 0.500. The molecule has 2 atom stereocenters. The Morgan fingerprint density at radius 3 is 3.00 bits per heavy atom. The summed E-state index contributed by atoms with van der Waals surface area (Å²) in [5.74, 6) is 0.561. The first-order valence-electron chi connectivity index (χ1n) is 6.82. The SMILES string of the molecule is O=C(NCC1CCCS1)NCC(O)c1ccc(Cl)c(F)c1. The topological polar surface area (TPSA) is 61.4 Å². The van der Waals surface area contributed by atoms with Crippen molar-refractivity contribution in [1.29, 1.82) is 0 Å². The maximum atomic E-state index is 13.3. The summed E-state index contributed by atoms with van der Waals surface area (Å²) in [5.41, 5.74) is 0.378. The molecule has 1 fully saturated rings. The number of hydrogen-bond acceptors (Lipinski definition) is 3. The minimum absolute atomic E-state index is 0.00529. The number of carbonyl (C=O) groups excluding carboxylic acids is 1. The molecule has 1 saturated heterocycles. The zero-order valence-corrected chi connectivity index (χ0v) is 13.0. The molecule has 0 spiro atoms. The van der Waals surface area contributed by atoms with E-state index >= 15 is 0 Å². The van der Waals surface area contributed by atoms with Gasteiger partial charge in [-0.2, -0.15) is 11.8 Å². The molecule has 2 amide bonds. The van der Waals surface area contributed by atoms with Crippen LogP contribution in [0, 0.1) is 5.82 Å². The minimum atomic E-state index is -0.969. The van der Waals surface area contributed by atoms with E-state index in [1.807, 2.05) is 11.8 Å². The van der Waals surface area contributed by atoms with Crippen LogP contribution in [-0.4, -0.2) is 35.2 Å². The van der Waals surface area contributed by atoms with Crippen molar-refractivity contribution in [3.8, 4) is 0 Å². The summed E-state index contributed by atoms with van der Waals surface area (Å²) in [6.45, 7) is 0.646. The lowest BCUT2D eigenvalue weighted by Gasteiger charge is -2.14. The number of rotatable bonds is 5. The van der Waals surface area contributed by atoms with E-state index in [0.29, 0.717) is 17.4 Å². The van der Waals surface area contributed by atoms with Crippen molar-refractivity contribution >= 4 is 29.4 Å². The average molecular weight is 333 g/mol. The molecule has 0 aliphatic carbocycles. The molecular formula is C14H18ClFN2O2S. The molecule has 1 aliphatic rings. The quantitative estimate of drug-likeness (QED) is 0.777. The van der Waals surface area contributed by atoms with Gasteiger partial charge < -0.3 is 15.7 Å². The highest BCUT2D eigenvalue weighted by atomic mass is 35.5. The number of carbonyl (C=O) groups is 1. The van der Waals surface area contributed by atoms with Gasteiger partial charge in [0, 0.05) is 18.3 Å². The van der Waals surface area contributed by atoms with Crippen LogP contribution in [0.1, 0.15) is 24.5 Å². The van der Waals surface area contributed by atoms with Crippen molar-refractivity contribution in [3.05, 3.63) is 34.6 Å². The molecule has 4 nitrogen and oxygen atoms in total. The van der Waals surface area contributed by atoms with E-state index in [-0.39, 0.29) is 17.6 Å². The van der Waals surface area contributed by atoms with E-state index in [4.69, 9.17) is 11.6 Å². The molecule has 116 valence electrons. The Labute approximate surface area is 132 Å². The Hall–Kier alpha value is -0.980. The highest BCUT2D eigenvalue weighted by Gasteiger charge is 2.16. The standard InChI is InChI=1S/C14H18ClFN2O2S/c15-11-4-3-9(6-12(11)16)13(19)8-18-14(20)17-7-10-2-1-5-21-10/h3-4,6,10,13,19H,1-2,5,7-8H2,(H2,17,18,20). The summed E-state index contributed by atoms with van der Waals surface area (Å²) >= 11 is 7.44. The van der Waals surface area contributed by atoms with Crippen LogP contribution >= 0.6 is 23.4 Å². The summed E-state index contributed by atoms with van der Waals surface area (Å²) in [6.07, 6.45) is 1.35. The van der Waals surface area contributed by atoms with E-state index < -0.39 is 11.9 Å². The highest BCUT2D eigenvalue weighted by Crippen LogP contribution is 2.25. The molecule has 2 unspecified atom stereocenters. The number of amides is 2. The van der Waals surface area contributed by atoms with Crippen molar-refractivity contribution in [2.45, 2.75) is 24.2 Å². The van der Waals surface area contributed by atoms with E-state index in [0.717, 1.165) is 12.2 Å². The van der Waals surface area contributed by atoms with Gasteiger partial charge in [0.05, 0.1) is 11.1 Å². The van der Waals surface area contributed by atoms with Crippen LogP contribution in [0.2, 0.25) is 5.02 Å². The third-order valence-electron chi connectivity index (χ3n) is 3.30. The molecule has 1 aromatic carbocycles. The Morgan fingerprint density at radius 1 is 1.52 bits per heavy atom. The Balaban J connectivity index is 1.73. The maximum Gasteiger partial charge on any atom is 0.314 e. The average Bonchev–Trinajstić information content (AvgIpc) is 2.98. The predicted octanol–water partition coefficient (Wildman–Crippen LogP) is 2.71. The van der Waals surface area contributed by atoms with Gasteiger partial charge in [0.1, 0.15) is 5.82 Å². The second-order valence-corrected chi connectivity index (χ2v) is 6.73. The van der Waals surface area contributed by atoms with Crippen molar-refractivity contribution in [3.63, 3.8) is 0 Å². The molecule has 1 aromatic rings. The minimum Gasteiger partial charge on any atom is -0.387 e. The number of nitrogens with one attached hydrogen (secondary N) is 2. The van der Waals surface area contributed by atoms with Crippen LogP contribution in [0.25, 0.3) is 0 Å². The molecular weight excluding hydrogens is 315 g/mol. The Bertz CT molecular complexity index is 498. The van der Waals surface area contributed by atoms with Crippen molar-refractivity contribution in [2.24, 2.45) is 0 Å². The normalized spacial score (nSPS) is 19.3. The zero-order chi connectivity index (χ0) is 15.2. The van der Waals surface area contributed by atoms with Gasteiger partial charge in [0.15, 0.2) is 0 Å². The number of aliphatic hydroxyl groups is 1. The lowest BCUT2D eigenvalue weighted by atomic mass is 10.1. The third kappa shape index (κ3) is 5.05. The smallest absolute Gasteiger partial charge is 0.314 e. The number of halogens is 2. The van der Waals surface area contributed by atoms with Gasteiger partial charge in [0.25, 0.3) is 0 Å². The van der Waals surface area contributed by atoms with Gasteiger partial charge in [-0.15, -0.1) is 0 Å². The van der Waals surface area contributed by atoms with Crippen LogP contribution in [0.4, 0.5) is 9.18 Å². The molecule has 1 heterocycles. The van der Waals surface area contributed by atoms with Crippen LogP contribution in [0.15, 0.2) is 18.2 Å². The Kier molecular flexibility index (Phi) is 6.14. The van der Waals surface area contributed by atoms with Gasteiger partial charge in [0.2, 0.25) is 0 Å². The van der Waals surface area contributed by atoms with Gasteiger partial charge in [-0.25, -0.2) is 9.18 Å². The van der Waals surface area contributed by atoms with Gasteiger partial charge in [-0.3, -0.25) is 0 Å². The van der Waals surface area contributed by atoms with Crippen molar-refractivity contribution in [2.75, 3.05) is 18.8 Å². The second-order valence-electron chi connectivity index (χ2n) is 4.92. The first-order valence-corrected chi connectivity index (χ1v) is 8.25. The van der Waals surface area contributed by atoms with Gasteiger partial charge >= 0.3 is 6.03 Å². The number of urea groups is 1. The fourth-order valence-electron chi connectivity index (χ4n) is 2.10. The number of hydrogen-bond donors (Lipinski definition) is 3. The second kappa shape index (κ2) is 7.87. The van der Waals surface area contributed by atoms with Gasteiger partial charge in [-0.1, -0.05) is 17.7 Å². The lowest BCUT2D eigenvalue weighted by Crippen LogP contribution is -2.40. The first-order chi connectivity index (χ1) is 10.1. The van der Waals surface area contributed by atoms with Crippen LogP contribution in [-0.2, 0) is 0 Å². The summed E-state index contributed by atoms with van der Waals surface area (Å²) in [4.78, 5) is 11.6. The highest BCUT2D eigenvalue weighted by molar-refractivity contribution is 8.00. The first kappa shape index (κ1) is 16.4. The van der Waals surface area contributed by atoms with Crippen LogP contribution in [0.5, 0.6) is 0 Å². The molecule has 0 radical (unpaired) electrons. The third-order valence-corrected chi connectivity index (χ3v) is 5.00. The number of thioether (sulfide) groups is 1. The summed E-state index contributed by atoms with van der Waals surface area (Å²) in [5, 5.41) is 15.7. The van der Waals surface area contributed by atoms with Gasteiger partial charge in [-0.05, 0) is 36.3 Å². The fourth-order valence-corrected chi connectivity index (χ4v) is 3.42. The van der Waals surface area contributed by atoms with E-state index in [2.05, 4.69) is 10.6 Å². The monoisotopic (exact) mass is 332 g/mol. The lowest BCUT2D eigenvalue weighted by molar-refractivity contribution is 0.173. The van der Waals surface area contributed by atoms with Crippen molar-refractivity contribution in [1.82, 2.24) is 10.6 Å². The summed E-state index contributed by atoms with van der Waals surface area (Å²) < 4.78 is 13.3. The van der Waals surface area contributed by atoms with E-state index in [1.54, 1.807) is 0 Å². The molecule has 0 bridgehead atoms. The molecule has 21 heavy (non-hydrogen) atoms. The zero-order valence-electron chi connectivity index (χ0n) is 11.4. The molecule has 0 aromatic heterocycles. The number of benzene rings is 1. The molecule has 2 rings (SSSR count). The largest absolute Gasteiger partial charge is 0.387 e. The molecule has 0 saturated carbocycles. The molecule has 3 N–H and O–H groups in total. The van der Waals surface area contributed by atoms with Crippen LogP contribution in [0.3, 0.4) is 0 Å². The summed E-state index contributed by atoms with van der Waals surface area (Å²) in [7, 11) is 0. The molecule has 1 aliphatic heterocycles. The maximum absolute atomic E-state index is 13.3. The Morgan fingerprint density at radius 2 is 2.33 bits per heavy atom. The summed E-state index contributed by atoms with van der Waals surface area (Å²) in [6, 6.07) is 3.76. The predicted molar refractivity (Wildman–Crippen MR) is 83.3 cm³/mol. The van der Waals surface area contributed by atoms with Crippen molar-refractivity contribution < 1.29 is 14.3 Å². The van der Waals surface area contributed by atoms with E-state index in [1.165, 1.54) is 24.6 Å². The molecule has 7 heteroatoms. The van der Waals surface area contributed by atoms with E-state index in [9.17, 15) is 14.3 Å². The van der Waals surface area contributed by atoms with Crippen LogP contribution < -0.4 is 10.6 Å².